The molecule has 0 N–H and O–H groups in total. The number of hydrogen-bond acceptors (Lipinski definition) is 2. The zero-order valence-corrected chi connectivity index (χ0v) is 5.30. The molecule has 0 amide bonds. The molecule has 2 nitrogen and oxygen atoms in total. The molecule has 2 rings (SSSR count). The van der Waals surface area contributed by atoms with Gasteiger partial charge in [0.25, 0.3) is 0 Å². The van der Waals surface area contributed by atoms with Crippen molar-refractivity contribution in [1.29, 1.82) is 0 Å². The van der Waals surface area contributed by atoms with Crippen LogP contribution in [-0.2, 0) is 9.47 Å². The summed E-state index contributed by atoms with van der Waals surface area (Å²) in [5, 5.41) is 0. The van der Waals surface area contributed by atoms with E-state index >= 15 is 0 Å². The van der Waals surface area contributed by atoms with Crippen LogP contribution >= 0.6 is 0 Å². The molecule has 1 saturated heterocycles. The Morgan fingerprint density at radius 1 is 1.33 bits per heavy atom. The van der Waals surface area contributed by atoms with Gasteiger partial charge in [-0.25, -0.2) is 0 Å². The molecule has 0 saturated carbocycles. The quantitative estimate of drug-likeness (QED) is 0.481. The van der Waals surface area contributed by atoms with Gasteiger partial charge in [0.1, 0.15) is 0 Å². The van der Waals surface area contributed by atoms with E-state index in [0.717, 1.165) is 26.2 Å². The molecule has 1 fully saturated rings. The van der Waals surface area contributed by atoms with E-state index in [4.69, 9.17) is 9.47 Å². The molecule has 0 aliphatic carbocycles. The molecule has 0 aromatic heterocycles. The summed E-state index contributed by atoms with van der Waals surface area (Å²) in [6.45, 7) is 2.65. The van der Waals surface area contributed by atoms with Crippen LogP contribution in [0.4, 0.5) is 0 Å². The Bertz CT molecular complexity index is 136. The molecule has 2 heteroatoms. The van der Waals surface area contributed by atoms with E-state index in [1.165, 1.54) is 0 Å². The van der Waals surface area contributed by atoms with Crippen LogP contribution in [0.5, 0.6) is 0 Å². The molecule has 0 radical (unpaired) electrons. The molecule has 0 bridgehead atoms. The molecule has 0 aromatic carbocycles. The lowest BCUT2D eigenvalue weighted by atomic mass is 9.82. The average Bonchev–Trinajstić information content (AvgIpc) is 1.87. The molecular weight excluding hydrogens is 116 g/mol. The lowest BCUT2D eigenvalue weighted by molar-refractivity contribution is -0.100. The van der Waals surface area contributed by atoms with Gasteiger partial charge in [-0.2, -0.15) is 0 Å². The number of rotatable bonds is 0. The van der Waals surface area contributed by atoms with Crippen LogP contribution in [0.2, 0.25) is 0 Å². The van der Waals surface area contributed by atoms with Gasteiger partial charge in [-0.1, -0.05) is 0 Å². The van der Waals surface area contributed by atoms with Crippen molar-refractivity contribution in [3.05, 3.63) is 12.3 Å². The summed E-state index contributed by atoms with van der Waals surface area (Å²) in [5.74, 6) is 0. The summed E-state index contributed by atoms with van der Waals surface area (Å²) < 4.78 is 10.2. The molecule has 0 unspecified atom stereocenters. The van der Waals surface area contributed by atoms with E-state index in [1.807, 2.05) is 0 Å². The monoisotopic (exact) mass is 126 g/mol. The van der Waals surface area contributed by atoms with Crippen molar-refractivity contribution in [2.75, 3.05) is 19.8 Å². The molecule has 2 heterocycles. The van der Waals surface area contributed by atoms with Gasteiger partial charge < -0.3 is 9.47 Å². The highest BCUT2D eigenvalue weighted by Gasteiger charge is 2.37. The fraction of sp³-hybridized carbons (Fsp3) is 0.714. The lowest BCUT2D eigenvalue weighted by Gasteiger charge is -2.40. The van der Waals surface area contributed by atoms with Gasteiger partial charge in [-0.3, -0.25) is 0 Å². The summed E-state index contributed by atoms with van der Waals surface area (Å²) in [6, 6.07) is 0. The van der Waals surface area contributed by atoms with Gasteiger partial charge in [0, 0.05) is 5.41 Å². The van der Waals surface area contributed by atoms with Crippen molar-refractivity contribution in [2.45, 2.75) is 6.42 Å². The zero-order valence-electron chi connectivity index (χ0n) is 5.30. The second kappa shape index (κ2) is 1.74. The normalized spacial score (nSPS) is 29.3. The van der Waals surface area contributed by atoms with Crippen molar-refractivity contribution in [3.8, 4) is 0 Å². The van der Waals surface area contributed by atoms with E-state index in [2.05, 4.69) is 6.08 Å². The lowest BCUT2D eigenvalue weighted by Crippen LogP contribution is -2.42. The smallest absolute Gasteiger partial charge is 0.0883 e. The van der Waals surface area contributed by atoms with Crippen molar-refractivity contribution in [1.82, 2.24) is 0 Å². The van der Waals surface area contributed by atoms with Gasteiger partial charge in [0.05, 0.1) is 26.1 Å². The van der Waals surface area contributed by atoms with Crippen LogP contribution in [0.25, 0.3) is 0 Å². The second-order valence-corrected chi connectivity index (χ2v) is 2.78. The molecular formula is C7H10O2. The van der Waals surface area contributed by atoms with Crippen molar-refractivity contribution < 1.29 is 9.47 Å². The first kappa shape index (κ1) is 5.30. The summed E-state index contributed by atoms with van der Waals surface area (Å²) in [5.41, 5.74) is 0.373. The Balaban J connectivity index is 2.09. The molecule has 50 valence electrons. The van der Waals surface area contributed by atoms with Crippen LogP contribution in [0, 0.1) is 5.41 Å². The maximum Gasteiger partial charge on any atom is 0.0883 e. The van der Waals surface area contributed by atoms with Gasteiger partial charge >= 0.3 is 0 Å². The Hall–Kier alpha value is -0.500. The van der Waals surface area contributed by atoms with Crippen LogP contribution in [0.1, 0.15) is 6.42 Å². The van der Waals surface area contributed by atoms with E-state index in [9.17, 15) is 0 Å². The van der Waals surface area contributed by atoms with E-state index in [1.54, 1.807) is 6.26 Å². The summed E-state index contributed by atoms with van der Waals surface area (Å²) in [7, 11) is 0. The molecule has 1 spiro atoms. The Morgan fingerprint density at radius 2 is 2.22 bits per heavy atom. The van der Waals surface area contributed by atoms with Crippen LogP contribution in [0.3, 0.4) is 0 Å². The highest BCUT2D eigenvalue weighted by atomic mass is 16.5. The van der Waals surface area contributed by atoms with Crippen LogP contribution < -0.4 is 0 Å². The van der Waals surface area contributed by atoms with Crippen molar-refractivity contribution in [3.63, 3.8) is 0 Å². The second-order valence-electron chi connectivity index (χ2n) is 2.78. The highest BCUT2D eigenvalue weighted by molar-refractivity contribution is 5.03. The highest BCUT2D eigenvalue weighted by Crippen LogP contribution is 2.34. The van der Waals surface area contributed by atoms with Crippen LogP contribution in [0.15, 0.2) is 12.3 Å². The molecule has 0 atom stereocenters. The summed E-state index contributed by atoms with van der Waals surface area (Å²) in [6.07, 6.45) is 5.05. The maximum absolute atomic E-state index is 5.11. The first-order chi connectivity index (χ1) is 4.41. The molecule has 9 heavy (non-hydrogen) atoms. The molecule has 2 aliphatic rings. The fourth-order valence-electron chi connectivity index (χ4n) is 1.21. The van der Waals surface area contributed by atoms with Gasteiger partial charge in [0.2, 0.25) is 0 Å². The van der Waals surface area contributed by atoms with Crippen LogP contribution in [-0.4, -0.2) is 19.8 Å². The zero-order chi connectivity index (χ0) is 6.16. The first-order valence-electron chi connectivity index (χ1n) is 3.28. The van der Waals surface area contributed by atoms with E-state index in [0.29, 0.717) is 5.41 Å². The van der Waals surface area contributed by atoms with Crippen molar-refractivity contribution >= 4 is 0 Å². The van der Waals surface area contributed by atoms with Gasteiger partial charge in [0.15, 0.2) is 0 Å². The van der Waals surface area contributed by atoms with Crippen molar-refractivity contribution in [2.24, 2.45) is 5.41 Å². The molecule has 0 aromatic rings. The largest absolute Gasteiger partial charge is 0.501 e. The fourth-order valence-corrected chi connectivity index (χ4v) is 1.21. The minimum absolute atomic E-state index is 0.373. The van der Waals surface area contributed by atoms with E-state index < -0.39 is 0 Å². The average molecular weight is 126 g/mol. The third-order valence-corrected chi connectivity index (χ3v) is 2.01. The topological polar surface area (TPSA) is 18.5 Å². The minimum Gasteiger partial charge on any atom is -0.501 e. The number of hydrogen-bond donors (Lipinski definition) is 0. The van der Waals surface area contributed by atoms with Gasteiger partial charge in [-0.05, 0) is 12.5 Å². The number of ether oxygens (including phenoxy) is 2. The van der Waals surface area contributed by atoms with Gasteiger partial charge in [-0.15, -0.1) is 0 Å². The third kappa shape index (κ3) is 0.741. The summed E-state index contributed by atoms with van der Waals surface area (Å²) >= 11 is 0. The van der Waals surface area contributed by atoms with E-state index in [-0.39, 0.29) is 0 Å². The molecule has 2 aliphatic heterocycles. The summed E-state index contributed by atoms with van der Waals surface area (Å²) in [4.78, 5) is 0. The maximum atomic E-state index is 5.11. The predicted molar refractivity (Wildman–Crippen MR) is 33.0 cm³/mol. The Kier molecular flexibility index (Phi) is 1.02. The first-order valence-corrected chi connectivity index (χ1v) is 3.28. The third-order valence-electron chi connectivity index (χ3n) is 2.01. The minimum atomic E-state index is 0.373. The predicted octanol–water partition coefficient (Wildman–Crippen LogP) is 0.937. The standard InChI is InChI=1S/C7H10O2/c1-3-8-4-2-7(1)5-9-6-7/h1,3H,2,4-6H2. The Morgan fingerprint density at radius 3 is 2.56 bits per heavy atom. The Labute approximate surface area is 54.5 Å². The SMILES string of the molecule is C1=CC2(CCO1)COC2.